The molecule has 2 aromatic rings. The molecule has 0 aliphatic rings. The average molecular weight is 254 g/mol. The lowest BCUT2D eigenvalue weighted by atomic mass is 10.2. The van der Waals surface area contributed by atoms with Gasteiger partial charge in [-0.25, -0.2) is 0 Å². The topological polar surface area (TPSA) is 6.48 Å². The molecule has 19 heavy (non-hydrogen) atoms. The molecule has 0 fully saturated rings. The molecule has 100 valence electrons. The Bertz CT molecular complexity index is 464. The molecule has 2 heteroatoms. The first-order valence-electron chi connectivity index (χ1n) is 6.62. The van der Waals surface area contributed by atoms with Crippen molar-refractivity contribution in [3.05, 3.63) is 59.7 Å². The number of hydrogen-bond donors (Lipinski definition) is 0. The molecule has 0 aliphatic heterocycles. The summed E-state index contributed by atoms with van der Waals surface area (Å²) < 4.78 is 0. The van der Waals surface area contributed by atoms with Crippen LogP contribution in [0.25, 0.3) is 0 Å². The Morgan fingerprint density at radius 3 is 1.26 bits per heavy atom. The molecule has 2 aromatic carbocycles. The minimum atomic E-state index is 0.867. The highest BCUT2D eigenvalue weighted by molar-refractivity contribution is 5.51. The fraction of sp³-hybridized carbons (Fsp3) is 0.294. The standard InChI is InChI=1S/C17H22N2/c1-14-5-9-16(10-6-14)18(3)13-19(4)17-11-7-15(2)8-12-17/h5-12H,13H2,1-4H3. The highest BCUT2D eigenvalue weighted by Gasteiger charge is 2.05. The van der Waals surface area contributed by atoms with Gasteiger partial charge in [0.15, 0.2) is 0 Å². The predicted molar refractivity (Wildman–Crippen MR) is 84.0 cm³/mol. The van der Waals surface area contributed by atoms with Crippen LogP contribution in [0.4, 0.5) is 11.4 Å². The van der Waals surface area contributed by atoms with Crippen molar-refractivity contribution in [2.75, 3.05) is 30.6 Å². The van der Waals surface area contributed by atoms with Gasteiger partial charge in [0.1, 0.15) is 0 Å². The third-order valence-corrected chi connectivity index (χ3v) is 3.37. The fourth-order valence-corrected chi connectivity index (χ4v) is 2.08. The fourth-order valence-electron chi connectivity index (χ4n) is 2.08. The molecular weight excluding hydrogens is 232 g/mol. The second-order valence-corrected chi connectivity index (χ2v) is 5.21. The van der Waals surface area contributed by atoms with Crippen molar-refractivity contribution in [2.24, 2.45) is 0 Å². The summed E-state index contributed by atoms with van der Waals surface area (Å²) in [6, 6.07) is 17.3. The summed E-state index contributed by atoms with van der Waals surface area (Å²) in [7, 11) is 4.24. The smallest absolute Gasteiger partial charge is 0.0896 e. The predicted octanol–water partition coefficient (Wildman–Crippen LogP) is 3.83. The van der Waals surface area contributed by atoms with Gasteiger partial charge in [-0.05, 0) is 38.1 Å². The molecule has 0 saturated carbocycles. The van der Waals surface area contributed by atoms with Gasteiger partial charge in [-0.2, -0.15) is 0 Å². The maximum atomic E-state index is 2.25. The second-order valence-electron chi connectivity index (χ2n) is 5.21. The van der Waals surface area contributed by atoms with Crippen LogP contribution in [-0.4, -0.2) is 20.8 Å². The summed E-state index contributed by atoms with van der Waals surface area (Å²) in [4.78, 5) is 4.50. The van der Waals surface area contributed by atoms with E-state index in [1.807, 2.05) is 0 Å². The van der Waals surface area contributed by atoms with Crippen molar-refractivity contribution in [1.82, 2.24) is 0 Å². The van der Waals surface area contributed by atoms with Gasteiger partial charge < -0.3 is 9.80 Å². The Balaban J connectivity index is 2.03. The zero-order valence-electron chi connectivity index (χ0n) is 12.2. The number of rotatable bonds is 4. The van der Waals surface area contributed by atoms with Crippen LogP contribution >= 0.6 is 0 Å². The molecule has 0 heterocycles. The van der Waals surface area contributed by atoms with Crippen LogP contribution in [0.1, 0.15) is 11.1 Å². The van der Waals surface area contributed by atoms with E-state index < -0.39 is 0 Å². The molecule has 0 atom stereocenters. The van der Waals surface area contributed by atoms with Crippen molar-refractivity contribution >= 4 is 11.4 Å². The molecular formula is C17H22N2. The summed E-state index contributed by atoms with van der Waals surface area (Å²) in [5.74, 6) is 0. The number of aryl methyl sites for hydroxylation is 2. The normalized spacial score (nSPS) is 10.3. The van der Waals surface area contributed by atoms with Gasteiger partial charge in [-0.1, -0.05) is 35.4 Å². The first-order chi connectivity index (χ1) is 9.06. The minimum absolute atomic E-state index is 0.867. The van der Waals surface area contributed by atoms with Crippen LogP contribution in [0.2, 0.25) is 0 Å². The molecule has 0 radical (unpaired) electrons. The maximum Gasteiger partial charge on any atom is 0.0896 e. The van der Waals surface area contributed by atoms with E-state index >= 15 is 0 Å². The van der Waals surface area contributed by atoms with Crippen LogP contribution in [0.5, 0.6) is 0 Å². The number of benzene rings is 2. The van der Waals surface area contributed by atoms with E-state index in [0.717, 1.165) is 6.67 Å². The lowest BCUT2D eigenvalue weighted by Crippen LogP contribution is -2.32. The number of hydrogen-bond acceptors (Lipinski definition) is 2. The van der Waals surface area contributed by atoms with Gasteiger partial charge in [-0.3, -0.25) is 0 Å². The van der Waals surface area contributed by atoms with E-state index in [4.69, 9.17) is 0 Å². The zero-order chi connectivity index (χ0) is 13.8. The quantitative estimate of drug-likeness (QED) is 0.765. The van der Waals surface area contributed by atoms with Crippen molar-refractivity contribution in [1.29, 1.82) is 0 Å². The Kier molecular flexibility index (Phi) is 4.10. The Hall–Kier alpha value is -1.96. The summed E-state index contributed by atoms with van der Waals surface area (Å²) in [5.41, 5.74) is 5.07. The van der Waals surface area contributed by atoms with E-state index in [9.17, 15) is 0 Å². The molecule has 0 spiro atoms. The summed E-state index contributed by atoms with van der Waals surface area (Å²) >= 11 is 0. The lowest BCUT2D eigenvalue weighted by molar-refractivity contribution is 0.855. The van der Waals surface area contributed by atoms with Gasteiger partial charge in [0, 0.05) is 25.5 Å². The highest BCUT2D eigenvalue weighted by atomic mass is 15.3. The monoisotopic (exact) mass is 254 g/mol. The summed E-state index contributed by atoms with van der Waals surface area (Å²) in [6.07, 6.45) is 0. The Morgan fingerprint density at radius 1 is 0.632 bits per heavy atom. The Morgan fingerprint density at radius 2 is 0.947 bits per heavy atom. The van der Waals surface area contributed by atoms with E-state index in [0.29, 0.717) is 0 Å². The van der Waals surface area contributed by atoms with Crippen LogP contribution in [0.15, 0.2) is 48.5 Å². The third-order valence-electron chi connectivity index (χ3n) is 3.37. The molecule has 0 aromatic heterocycles. The van der Waals surface area contributed by atoms with Gasteiger partial charge in [0.2, 0.25) is 0 Å². The van der Waals surface area contributed by atoms with Crippen molar-refractivity contribution in [3.8, 4) is 0 Å². The third kappa shape index (κ3) is 3.50. The summed E-state index contributed by atoms with van der Waals surface area (Å²) in [5, 5.41) is 0. The van der Waals surface area contributed by atoms with Crippen molar-refractivity contribution < 1.29 is 0 Å². The minimum Gasteiger partial charge on any atom is -0.357 e. The zero-order valence-corrected chi connectivity index (χ0v) is 12.2. The van der Waals surface area contributed by atoms with Crippen molar-refractivity contribution in [3.63, 3.8) is 0 Å². The van der Waals surface area contributed by atoms with Gasteiger partial charge in [0.25, 0.3) is 0 Å². The van der Waals surface area contributed by atoms with Gasteiger partial charge in [-0.15, -0.1) is 0 Å². The molecule has 0 bridgehead atoms. The molecule has 0 amide bonds. The van der Waals surface area contributed by atoms with E-state index in [1.165, 1.54) is 22.5 Å². The first-order valence-corrected chi connectivity index (χ1v) is 6.62. The van der Waals surface area contributed by atoms with Crippen LogP contribution in [-0.2, 0) is 0 Å². The average Bonchev–Trinajstić information content (AvgIpc) is 2.40. The van der Waals surface area contributed by atoms with Crippen LogP contribution < -0.4 is 9.80 Å². The maximum absolute atomic E-state index is 2.25. The van der Waals surface area contributed by atoms with Gasteiger partial charge >= 0.3 is 0 Å². The second kappa shape index (κ2) is 5.79. The molecule has 2 nitrogen and oxygen atoms in total. The number of anilines is 2. The highest BCUT2D eigenvalue weighted by Crippen LogP contribution is 2.17. The SMILES string of the molecule is Cc1ccc(N(C)CN(C)c2ccc(C)cc2)cc1. The molecule has 0 N–H and O–H groups in total. The molecule has 2 rings (SSSR count). The number of nitrogens with zero attached hydrogens (tertiary/aromatic N) is 2. The van der Waals surface area contributed by atoms with Gasteiger partial charge in [0.05, 0.1) is 6.67 Å². The van der Waals surface area contributed by atoms with E-state index in [-0.39, 0.29) is 0 Å². The van der Waals surface area contributed by atoms with E-state index in [1.54, 1.807) is 0 Å². The van der Waals surface area contributed by atoms with E-state index in [2.05, 4.69) is 86.3 Å². The lowest BCUT2D eigenvalue weighted by Gasteiger charge is -2.28. The summed E-state index contributed by atoms with van der Waals surface area (Å²) in [6.45, 7) is 5.09. The largest absolute Gasteiger partial charge is 0.357 e. The van der Waals surface area contributed by atoms with Crippen LogP contribution in [0.3, 0.4) is 0 Å². The first kappa shape index (κ1) is 13.5. The van der Waals surface area contributed by atoms with Crippen LogP contribution in [0, 0.1) is 13.8 Å². The van der Waals surface area contributed by atoms with Crippen molar-refractivity contribution in [2.45, 2.75) is 13.8 Å². The molecule has 0 saturated heterocycles. The Labute approximate surface area is 116 Å². The molecule has 0 unspecified atom stereocenters. The molecule has 0 aliphatic carbocycles.